The third-order valence-electron chi connectivity index (χ3n) is 3.18. The first kappa shape index (κ1) is 13.8. The average Bonchev–Trinajstić information content (AvgIpc) is 2.29. The highest BCUT2D eigenvalue weighted by molar-refractivity contribution is 7.99. The Morgan fingerprint density at radius 3 is 2.62 bits per heavy atom. The third-order valence-corrected chi connectivity index (χ3v) is 4.56. The largest absolute Gasteiger partial charge is 0.468 e. The van der Waals surface area contributed by atoms with Crippen LogP contribution in [0.5, 0.6) is 0 Å². The van der Waals surface area contributed by atoms with Gasteiger partial charge in [-0.3, -0.25) is 4.79 Å². The zero-order valence-electron chi connectivity index (χ0n) is 10.3. The third kappa shape index (κ3) is 4.34. The summed E-state index contributed by atoms with van der Waals surface area (Å²) in [5.41, 5.74) is 5.08. The number of rotatable bonds is 5. The quantitative estimate of drug-likeness (QED) is 0.755. The molecule has 94 valence electrons. The smallest absolute Gasteiger partial charge is 0.325 e. The van der Waals surface area contributed by atoms with Crippen molar-refractivity contribution < 1.29 is 9.53 Å². The van der Waals surface area contributed by atoms with Crippen molar-refractivity contribution >= 4 is 17.7 Å². The van der Waals surface area contributed by atoms with Crippen molar-refractivity contribution in [3.63, 3.8) is 0 Å². The summed E-state index contributed by atoms with van der Waals surface area (Å²) in [6.45, 7) is 1.75. The number of carbonyl (C=O) groups is 1. The summed E-state index contributed by atoms with van der Waals surface area (Å²) in [6, 6.07) is 0. The SMILES string of the molecule is COC(=O)C(C)(N)CCSC1CCCCC1. The van der Waals surface area contributed by atoms with Crippen molar-refractivity contribution in [3.8, 4) is 0 Å². The molecule has 4 heteroatoms. The van der Waals surface area contributed by atoms with Crippen LogP contribution in [0.2, 0.25) is 0 Å². The van der Waals surface area contributed by atoms with Gasteiger partial charge in [-0.25, -0.2) is 0 Å². The molecule has 0 saturated heterocycles. The van der Waals surface area contributed by atoms with Crippen LogP contribution in [0.25, 0.3) is 0 Å². The van der Waals surface area contributed by atoms with E-state index in [1.165, 1.54) is 39.2 Å². The molecule has 0 bridgehead atoms. The van der Waals surface area contributed by atoms with Crippen LogP contribution in [0.3, 0.4) is 0 Å². The van der Waals surface area contributed by atoms with Gasteiger partial charge in [-0.15, -0.1) is 0 Å². The molecule has 0 aromatic rings. The highest BCUT2D eigenvalue weighted by atomic mass is 32.2. The van der Waals surface area contributed by atoms with Crippen LogP contribution in [0.4, 0.5) is 0 Å². The molecule has 1 saturated carbocycles. The lowest BCUT2D eigenvalue weighted by molar-refractivity contribution is -0.146. The Morgan fingerprint density at radius 2 is 2.06 bits per heavy atom. The number of thioether (sulfide) groups is 1. The molecule has 1 fully saturated rings. The minimum atomic E-state index is -0.823. The van der Waals surface area contributed by atoms with E-state index in [4.69, 9.17) is 5.73 Å². The Labute approximate surface area is 102 Å². The second-order valence-electron chi connectivity index (χ2n) is 4.79. The van der Waals surface area contributed by atoms with Crippen LogP contribution in [-0.2, 0) is 9.53 Å². The summed E-state index contributed by atoms with van der Waals surface area (Å²) in [5.74, 6) is 0.643. The van der Waals surface area contributed by atoms with Crippen molar-refractivity contribution in [3.05, 3.63) is 0 Å². The fourth-order valence-electron chi connectivity index (χ4n) is 2.00. The van der Waals surface area contributed by atoms with Gasteiger partial charge in [-0.2, -0.15) is 11.8 Å². The number of esters is 1. The first-order valence-corrected chi connectivity index (χ1v) is 7.10. The molecule has 1 unspecified atom stereocenters. The Bertz CT molecular complexity index is 225. The van der Waals surface area contributed by atoms with Gasteiger partial charge in [0, 0.05) is 5.25 Å². The topological polar surface area (TPSA) is 52.3 Å². The molecule has 1 atom stereocenters. The molecular weight excluding hydrogens is 222 g/mol. The molecule has 1 aliphatic rings. The van der Waals surface area contributed by atoms with Gasteiger partial charge in [0.1, 0.15) is 5.54 Å². The van der Waals surface area contributed by atoms with Gasteiger partial charge < -0.3 is 10.5 Å². The van der Waals surface area contributed by atoms with E-state index in [1.54, 1.807) is 6.92 Å². The number of carbonyl (C=O) groups excluding carboxylic acids is 1. The number of hydrogen-bond donors (Lipinski definition) is 1. The van der Waals surface area contributed by atoms with Crippen molar-refractivity contribution in [1.29, 1.82) is 0 Å². The van der Waals surface area contributed by atoms with E-state index in [0.29, 0.717) is 6.42 Å². The summed E-state index contributed by atoms with van der Waals surface area (Å²) < 4.78 is 4.68. The van der Waals surface area contributed by atoms with E-state index in [9.17, 15) is 4.79 Å². The van der Waals surface area contributed by atoms with Gasteiger partial charge >= 0.3 is 5.97 Å². The first-order valence-electron chi connectivity index (χ1n) is 6.05. The minimum Gasteiger partial charge on any atom is -0.468 e. The number of methoxy groups -OCH3 is 1. The molecule has 0 radical (unpaired) electrons. The number of ether oxygens (including phenoxy) is 1. The van der Waals surface area contributed by atoms with E-state index >= 15 is 0 Å². The molecule has 0 aliphatic heterocycles. The van der Waals surface area contributed by atoms with Crippen molar-refractivity contribution in [2.24, 2.45) is 5.73 Å². The zero-order valence-corrected chi connectivity index (χ0v) is 11.1. The lowest BCUT2D eigenvalue weighted by atomic mass is 10.0. The highest BCUT2D eigenvalue weighted by Crippen LogP contribution is 2.29. The van der Waals surface area contributed by atoms with Gasteiger partial charge in [-0.05, 0) is 31.9 Å². The molecule has 0 spiro atoms. The standard InChI is InChI=1S/C12H23NO2S/c1-12(13,11(14)15-2)8-9-16-10-6-4-3-5-7-10/h10H,3-9,13H2,1-2H3. The summed E-state index contributed by atoms with van der Waals surface area (Å²) in [6.07, 6.45) is 7.44. The normalized spacial score (nSPS) is 21.4. The van der Waals surface area contributed by atoms with E-state index in [-0.39, 0.29) is 5.97 Å². The van der Waals surface area contributed by atoms with E-state index in [2.05, 4.69) is 4.74 Å². The predicted octanol–water partition coefficient (Wildman–Crippen LogP) is 2.33. The molecular formula is C12H23NO2S. The number of nitrogens with two attached hydrogens (primary N) is 1. The monoisotopic (exact) mass is 245 g/mol. The molecule has 0 aromatic heterocycles. The Kier molecular flexibility index (Phi) is 5.62. The maximum atomic E-state index is 11.4. The van der Waals surface area contributed by atoms with Crippen LogP contribution >= 0.6 is 11.8 Å². The van der Waals surface area contributed by atoms with E-state index < -0.39 is 5.54 Å². The molecule has 3 nitrogen and oxygen atoms in total. The fourth-order valence-corrected chi connectivity index (χ4v) is 3.55. The molecule has 1 rings (SSSR count). The van der Waals surface area contributed by atoms with Crippen LogP contribution in [0.15, 0.2) is 0 Å². The Morgan fingerprint density at radius 1 is 1.44 bits per heavy atom. The molecule has 0 amide bonds. The highest BCUT2D eigenvalue weighted by Gasteiger charge is 2.29. The minimum absolute atomic E-state index is 0.309. The fraction of sp³-hybridized carbons (Fsp3) is 0.917. The van der Waals surface area contributed by atoms with Gasteiger partial charge in [0.2, 0.25) is 0 Å². The first-order chi connectivity index (χ1) is 7.56. The second kappa shape index (κ2) is 6.50. The summed E-state index contributed by atoms with van der Waals surface area (Å²) in [5, 5.41) is 0.780. The summed E-state index contributed by atoms with van der Waals surface area (Å²) >= 11 is 1.96. The lowest BCUT2D eigenvalue weighted by Gasteiger charge is -2.24. The molecule has 0 aromatic carbocycles. The summed E-state index contributed by atoms with van der Waals surface area (Å²) in [7, 11) is 1.39. The van der Waals surface area contributed by atoms with Gasteiger partial charge in [-0.1, -0.05) is 19.3 Å². The van der Waals surface area contributed by atoms with E-state index in [0.717, 1.165) is 11.0 Å². The van der Waals surface area contributed by atoms with Crippen LogP contribution in [0, 0.1) is 0 Å². The van der Waals surface area contributed by atoms with E-state index in [1.807, 2.05) is 11.8 Å². The zero-order chi connectivity index (χ0) is 12.0. The second-order valence-corrected chi connectivity index (χ2v) is 6.20. The van der Waals surface area contributed by atoms with Gasteiger partial charge in [0.25, 0.3) is 0 Å². The molecule has 1 aliphatic carbocycles. The van der Waals surface area contributed by atoms with Crippen molar-refractivity contribution in [2.75, 3.05) is 12.9 Å². The van der Waals surface area contributed by atoms with Crippen molar-refractivity contribution in [1.82, 2.24) is 0 Å². The lowest BCUT2D eigenvalue weighted by Crippen LogP contribution is -2.46. The summed E-state index contributed by atoms with van der Waals surface area (Å²) in [4.78, 5) is 11.4. The van der Waals surface area contributed by atoms with Crippen LogP contribution < -0.4 is 5.73 Å². The van der Waals surface area contributed by atoms with Gasteiger partial charge in [0.15, 0.2) is 0 Å². The van der Waals surface area contributed by atoms with Crippen molar-refractivity contribution in [2.45, 2.75) is 56.2 Å². The van der Waals surface area contributed by atoms with Crippen LogP contribution in [-0.4, -0.2) is 29.6 Å². The number of hydrogen-bond acceptors (Lipinski definition) is 4. The predicted molar refractivity (Wildman–Crippen MR) is 68.6 cm³/mol. The average molecular weight is 245 g/mol. The maximum absolute atomic E-state index is 11.4. The molecule has 2 N–H and O–H groups in total. The Balaban J connectivity index is 2.20. The molecule has 0 heterocycles. The Hall–Kier alpha value is -0.220. The van der Waals surface area contributed by atoms with Crippen LogP contribution in [0.1, 0.15) is 45.4 Å². The van der Waals surface area contributed by atoms with Gasteiger partial charge in [0.05, 0.1) is 7.11 Å². The maximum Gasteiger partial charge on any atom is 0.325 e. The molecule has 16 heavy (non-hydrogen) atoms.